The maximum Gasteiger partial charge on any atom is 0.0774 e. The molecule has 2 heterocycles. The first-order valence-corrected chi connectivity index (χ1v) is 6.30. The van der Waals surface area contributed by atoms with E-state index in [1.54, 1.807) is 34.4 Å². The van der Waals surface area contributed by atoms with Crippen LogP contribution in [0.5, 0.6) is 0 Å². The normalized spacial score (nSPS) is 10.5. The number of rotatable bonds is 3. The van der Waals surface area contributed by atoms with Crippen LogP contribution >= 0.6 is 34.4 Å². The minimum atomic E-state index is 0.148. The Hall–Kier alpha value is -0.290. The first-order valence-electron chi connectivity index (χ1n) is 3.79. The first-order chi connectivity index (χ1) is 6.38. The van der Waals surface area contributed by atoms with Gasteiger partial charge in [0.2, 0.25) is 0 Å². The molecule has 0 aliphatic heterocycles. The Morgan fingerprint density at radius 2 is 2.15 bits per heavy atom. The van der Waals surface area contributed by atoms with E-state index in [0.29, 0.717) is 0 Å². The predicted octanol–water partition coefficient (Wildman–Crippen LogP) is 3.45. The highest BCUT2D eigenvalue weighted by molar-refractivity contribution is 8.02. The molecule has 1 nitrogen and oxygen atoms in total. The first kappa shape index (κ1) is 9.27. The van der Waals surface area contributed by atoms with E-state index in [-0.39, 0.29) is 6.61 Å². The largest absolute Gasteiger partial charge is 0.391 e. The average Bonchev–Trinajstić information content (AvgIpc) is 2.76. The number of hydrogen-bond acceptors (Lipinski definition) is 4. The Balaban J connectivity index is 2.10. The van der Waals surface area contributed by atoms with Gasteiger partial charge >= 0.3 is 0 Å². The number of aliphatic hydroxyl groups excluding tert-OH is 1. The Morgan fingerprint density at radius 1 is 1.23 bits per heavy atom. The Bertz CT molecular complexity index is 364. The van der Waals surface area contributed by atoms with Crippen LogP contribution in [0.3, 0.4) is 0 Å². The van der Waals surface area contributed by atoms with Crippen molar-refractivity contribution in [2.45, 2.75) is 15.0 Å². The minimum absolute atomic E-state index is 0.148. The highest BCUT2D eigenvalue weighted by Gasteiger charge is 2.01. The molecule has 0 radical (unpaired) electrons. The average molecular weight is 228 g/mol. The fraction of sp³-hybridized carbons (Fsp3) is 0.111. The predicted molar refractivity (Wildman–Crippen MR) is 58.7 cm³/mol. The zero-order chi connectivity index (χ0) is 9.10. The van der Waals surface area contributed by atoms with Crippen LogP contribution in [0, 0.1) is 0 Å². The van der Waals surface area contributed by atoms with Gasteiger partial charge < -0.3 is 5.11 Å². The van der Waals surface area contributed by atoms with E-state index in [9.17, 15) is 0 Å². The van der Waals surface area contributed by atoms with Gasteiger partial charge in [0.25, 0.3) is 0 Å². The lowest BCUT2D eigenvalue weighted by atomic mass is 10.5. The van der Waals surface area contributed by atoms with Gasteiger partial charge in [-0.25, -0.2) is 0 Å². The van der Waals surface area contributed by atoms with Crippen LogP contribution in [0.25, 0.3) is 0 Å². The maximum atomic E-state index is 8.88. The second-order valence-corrected chi connectivity index (χ2v) is 6.13. The summed E-state index contributed by atoms with van der Waals surface area (Å²) in [6.07, 6.45) is 0. The highest BCUT2D eigenvalue weighted by atomic mass is 32.2. The molecule has 0 aromatic carbocycles. The van der Waals surface area contributed by atoms with Crippen molar-refractivity contribution < 1.29 is 5.11 Å². The van der Waals surface area contributed by atoms with Gasteiger partial charge in [0.1, 0.15) is 0 Å². The fourth-order valence-corrected chi connectivity index (χ4v) is 3.99. The summed E-state index contributed by atoms with van der Waals surface area (Å²) in [5, 5.41) is 11.0. The molecule has 0 saturated carbocycles. The van der Waals surface area contributed by atoms with Gasteiger partial charge in [-0.15, -0.1) is 22.7 Å². The van der Waals surface area contributed by atoms with E-state index in [4.69, 9.17) is 5.11 Å². The molecule has 0 saturated heterocycles. The lowest BCUT2D eigenvalue weighted by Crippen LogP contribution is -1.69. The molecule has 0 fully saturated rings. The SMILES string of the molecule is OCc1ccc(Sc2cccs2)s1. The molecule has 68 valence electrons. The second kappa shape index (κ2) is 4.28. The van der Waals surface area contributed by atoms with Gasteiger partial charge in [-0.3, -0.25) is 0 Å². The molecule has 1 N–H and O–H groups in total. The molecule has 0 atom stereocenters. The third-order valence-electron chi connectivity index (χ3n) is 1.49. The number of thiophene rings is 2. The van der Waals surface area contributed by atoms with E-state index in [1.165, 1.54) is 8.42 Å². The summed E-state index contributed by atoms with van der Waals surface area (Å²) in [6.45, 7) is 0.148. The van der Waals surface area contributed by atoms with Gasteiger partial charge in [-0.2, -0.15) is 0 Å². The summed E-state index contributed by atoms with van der Waals surface area (Å²) in [7, 11) is 0. The lowest BCUT2D eigenvalue weighted by Gasteiger charge is -1.90. The van der Waals surface area contributed by atoms with E-state index in [0.717, 1.165) is 4.88 Å². The Labute approximate surface area is 89.1 Å². The van der Waals surface area contributed by atoms with Crippen molar-refractivity contribution >= 4 is 34.4 Å². The molecule has 4 heteroatoms. The van der Waals surface area contributed by atoms with Crippen LogP contribution in [-0.4, -0.2) is 5.11 Å². The van der Waals surface area contributed by atoms with Crippen molar-refractivity contribution in [2.75, 3.05) is 0 Å². The van der Waals surface area contributed by atoms with E-state index >= 15 is 0 Å². The Morgan fingerprint density at radius 3 is 2.77 bits per heavy atom. The molecule has 13 heavy (non-hydrogen) atoms. The molecule has 0 bridgehead atoms. The van der Waals surface area contributed by atoms with Gasteiger partial charge in [0.05, 0.1) is 15.0 Å². The minimum Gasteiger partial charge on any atom is -0.391 e. The van der Waals surface area contributed by atoms with Crippen LogP contribution in [0.4, 0.5) is 0 Å². The van der Waals surface area contributed by atoms with Gasteiger partial charge in [0, 0.05) is 4.88 Å². The van der Waals surface area contributed by atoms with Crippen LogP contribution < -0.4 is 0 Å². The lowest BCUT2D eigenvalue weighted by molar-refractivity contribution is 0.285. The maximum absolute atomic E-state index is 8.88. The van der Waals surface area contributed by atoms with Gasteiger partial charge in [-0.05, 0) is 23.6 Å². The fourth-order valence-electron chi connectivity index (χ4n) is 0.919. The van der Waals surface area contributed by atoms with Crippen molar-refractivity contribution in [2.24, 2.45) is 0 Å². The molecule has 0 spiro atoms. The van der Waals surface area contributed by atoms with Gasteiger partial charge in [0.15, 0.2) is 0 Å². The topological polar surface area (TPSA) is 20.2 Å². The van der Waals surface area contributed by atoms with E-state index in [2.05, 4.69) is 17.5 Å². The molecular formula is C9H8OS3. The molecule has 0 aliphatic carbocycles. The molecule has 0 aliphatic rings. The van der Waals surface area contributed by atoms with Crippen molar-refractivity contribution in [3.05, 3.63) is 34.5 Å². The number of aliphatic hydroxyl groups is 1. The van der Waals surface area contributed by atoms with Crippen LogP contribution in [0.15, 0.2) is 38.1 Å². The standard InChI is InChI=1S/C9H8OS3/c10-6-7-3-4-9(12-7)13-8-2-1-5-11-8/h1-5,10H,6H2. The number of hydrogen-bond donors (Lipinski definition) is 1. The van der Waals surface area contributed by atoms with Crippen molar-refractivity contribution in [3.8, 4) is 0 Å². The zero-order valence-corrected chi connectivity index (χ0v) is 9.22. The molecule has 0 amide bonds. The summed E-state index contributed by atoms with van der Waals surface area (Å²) in [5.41, 5.74) is 0. The smallest absolute Gasteiger partial charge is 0.0774 e. The summed E-state index contributed by atoms with van der Waals surface area (Å²) in [5.74, 6) is 0. The summed E-state index contributed by atoms with van der Waals surface area (Å²) < 4.78 is 2.54. The van der Waals surface area contributed by atoms with Crippen molar-refractivity contribution in [1.29, 1.82) is 0 Å². The monoisotopic (exact) mass is 228 g/mol. The summed E-state index contributed by atoms with van der Waals surface area (Å²) in [6, 6.07) is 8.18. The van der Waals surface area contributed by atoms with E-state index < -0.39 is 0 Å². The Kier molecular flexibility index (Phi) is 3.05. The second-order valence-electron chi connectivity index (χ2n) is 2.41. The van der Waals surface area contributed by atoms with Gasteiger partial charge in [-0.1, -0.05) is 17.8 Å². The molecular weight excluding hydrogens is 220 g/mol. The van der Waals surface area contributed by atoms with Crippen molar-refractivity contribution in [1.82, 2.24) is 0 Å². The highest BCUT2D eigenvalue weighted by Crippen LogP contribution is 2.35. The summed E-state index contributed by atoms with van der Waals surface area (Å²) >= 11 is 5.15. The molecule has 0 unspecified atom stereocenters. The molecule has 2 aromatic rings. The third-order valence-corrected chi connectivity index (χ3v) is 4.73. The summed E-state index contributed by atoms with van der Waals surface area (Å²) in [4.78, 5) is 1.03. The van der Waals surface area contributed by atoms with Crippen molar-refractivity contribution in [3.63, 3.8) is 0 Å². The van der Waals surface area contributed by atoms with Crippen LogP contribution in [-0.2, 0) is 6.61 Å². The zero-order valence-electron chi connectivity index (χ0n) is 6.77. The molecule has 2 aromatic heterocycles. The van der Waals surface area contributed by atoms with E-state index in [1.807, 2.05) is 12.1 Å². The third kappa shape index (κ3) is 2.34. The van der Waals surface area contributed by atoms with Crippen LogP contribution in [0.1, 0.15) is 4.88 Å². The quantitative estimate of drug-likeness (QED) is 0.868. The van der Waals surface area contributed by atoms with Crippen LogP contribution in [0.2, 0.25) is 0 Å². The molecule has 2 rings (SSSR count).